The van der Waals surface area contributed by atoms with Gasteiger partial charge in [-0.3, -0.25) is 0 Å². The Labute approximate surface area is 116 Å². The van der Waals surface area contributed by atoms with Gasteiger partial charge in [-0.05, 0) is 54.8 Å². The first-order chi connectivity index (χ1) is 8.90. The molecule has 0 amide bonds. The summed E-state index contributed by atoms with van der Waals surface area (Å²) in [4.78, 5) is 11.9. The van der Waals surface area contributed by atoms with Crippen LogP contribution in [0.2, 0.25) is 0 Å². The van der Waals surface area contributed by atoms with Crippen LogP contribution in [-0.4, -0.2) is 25.3 Å². The Hall–Kier alpha value is -0.570. The number of methoxy groups -OCH3 is 1. The summed E-state index contributed by atoms with van der Waals surface area (Å²) in [6, 6.07) is 0. The molecule has 3 rings (SSSR count). The van der Waals surface area contributed by atoms with E-state index >= 15 is 0 Å². The highest BCUT2D eigenvalue weighted by Gasteiger charge is 2.62. The third kappa shape index (κ3) is 1.84. The highest BCUT2D eigenvalue weighted by atomic mass is 16.6. The Bertz CT molecular complexity index is 385. The summed E-state index contributed by atoms with van der Waals surface area (Å²) in [5.74, 6) is 0.977. The maximum absolute atomic E-state index is 11.9. The number of rotatable bonds is 4. The number of fused-ring (bicyclic) bond motifs is 2. The lowest BCUT2D eigenvalue weighted by Gasteiger charge is -2.40. The molecule has 0 N–H and O–H groups in total. The van der Waals surface area contributed by atoms with Gasteiger partial charge < -0.3 is 9.47 Å². The number of ether oxygens (including phenoxy) is 2. The molecule has 3 nitrogen and oxygen atoms in total. The van der Waals surface area contributed by atoms with Crippen LogP contribution in [0.1, 0.15) is 52.9 Å². The smallest absolute Gasteiger partial charge is 0.335 e. The predicted molar refractivity (Wildman–Crippen MR) is 72.6 cm³/mol. The molecule has 4 unspecified atom stereocenters. The molecule has 0 spiro atoms. The molecule has 3 saturated carbocycles. The van der Waals surface area contributed by atoms with Crippen molar-refractivity contribution in [3.05, 3.63) is 0 Å². The number of carbonyl (C=O) groups excluding carboxylic acids is 1. The zero-order valence-corrected chi connectivity index (χ0v) is 12.6. The predicted octanol–water partition coefficient (Wildman–Crippen LogP) is 3.17. The molecule has 108 valence electrons. The monoisotopic (exact) mass is 266 g/mol. The van der Waals surface area contributed by atoms with E-state index in [-0.39, 0.29) is 23.6 Å². The van der Waals surface area contributed by atoms with Gasteiger partial charge in [0.15, 0.2) is 6.10 Å². The van der Waals surface area contributed by atoms with Gasteiger partial charge in [-0.1, -0.05) is 20.8 Å². The Morgan fingerprint density at radius 1 is 1.21 bits per heavy atom. The van der Waals surface area contributed by atoms with Crippen molar-refractivity contribution in [1.29, 1.82) is 0 Å². The lowest BCUT2D eigenvalue weighted by atomic mass is 9.70. The summed E-state index contributed by atoms with van der Waals surface area (Å²) in [6.07, 6.45) is 5.78. The molecule has 0 aromatic heterocycles. The van der Waals surface area contributed by atoms with Gasteiger partial charge >= 0.3 is 5.97 Å². The number of carbonyl (C=O) groups is 1. The van der Waals surface area contributed by atoms with Crippen molar-refractivity contribution in [3.8, 4) is 0 Å². The molecule has 2 bridgehead atoms. The van der Waals surface area contributed by atoms with Gasteiger partial charge in [0.2, 0.25) is 0 Å². The van der Waals surface area contributed by atoms with Crippen molar-refractivity contribution in [2.75, 3.05) is 7.11 Å². The molecule has 0 saturated heterocycles. The highest BCUT2D eigenvalue weighted by molar-refractivity contribution is 5.75. The van der Waals surface area contributed by atoms with Gasteiger partial charge in [-0.2, -0.15) is 0 Å². The fourth-order valence-electron chi connectivity index (χ4n) is 4.39. The van der Waals surface area contributed by atoms with E-state index in [1.807, 2.05) is 0 Å². The normalized spacial score (nSPS) is 41.3. The van der Waals surface area contributed by atoms with Crippen molar-refractivity contribution >= 4 is 5.97 Å². The molecule has 3 fully saturated rings. The summed E-state index contributed by atoms with van der Waals surface area (Å²) < 4.78 is 11.2. The molecule has 3 heteroatoms. The van der Waals surface area contributed by atoms with E-state index < -0.39 is 0 Å². The van der Waals surface area contributed by atoms with Crippen molar-refractivity contribution < 1.29 is 14.3 Å². The number of hydrogen-bond acceptors (Lipinski definition) is 3. The van der Waals surface area contributed by atoms with Crippen molar-refractivity contribution in [1.82, 2.24) is 0 Å². The fraction of sp³-hybridized carbons (Fsp3) is 0.938. The first-order valence-electron chi connectivity index (χ1n) is 7.63. The summed E-state index contributed by atoms with van der Waals surface area (Å²) in [5, 5.41) is 0. The van der Waals surface area contributed by atoms with Crippen LogP contribution in [0.4, 0.5) is 0 Å². The fourth-order valence-corrected chi connectivity index (χ4v) is 4.39. The van der Waals surface area contributed by atoms with Crippen LogP contribution >= 0.6 is 0 Å². The maximum atomic E-state index is 11.9. The summed E-state index contributed by atoms with van der Waals surface area (Å²) in [7, 11) is 1.47. The van der Waals surface area contributed by atoms with E-state index in [2.05, 4.69) is 20.8 Å². The Balaban J connectivity index is 1.75. The molecule has 0 aromatic carbocycles. The van der Waals surface area contributed by atoms with E-state index in [4.69, 9.17) is 9.47 Å². The molecule has 19 heavy (non-hydrogen) atoms. The molecular formula is C16H26O3. The zero-order chi connectivity index (χ0) is 13.8. The first kappa shape index (κ1) is 13.4. The maximum Gasteiger partial charge on any atom is 0.335 e. The topological polar surface area (TPSA) is 35.5 Å². The van der Waals surface area contributed by atoms with Crippen molar-refractivity contribution in [3.63, 3.8) is 0 Å². The van der Waals surface area contributed by atoms with Gasteiger partial charge in [-0.25, -0.2) is 4.79 Å². The molecular weight excluding hydrogens is 240 g/mol. The minimum atomic E-state index is -0.318. The summed E-state index contributed by atoms with van der Waals surface area (Å²) in [6.45, 7) is 7.10. The Morgan fingerprint density at radius 2 is 1.89 bits per heavy atom. The molecule has 0 aliphatic heterocycles. The molecule has 0 heterocycles. The standard InChI is InChI=1S/C16H26O3/c1-15(2)11-7-8-16(15,3)12(9-11)19-13(10-5-6-10)14(17)18-4/h10-13H,5-9H2,1-4H3. The second-order valence-corrected chi connectivity index (χ2v) is 7.52. The van der Waals surface area contributed by atoms with E-state index in [0.29, 0.717) is 11.3 Å². The van der Waals surface area contributed by atoms with E-state index in [9.17, 15) is 4.79 Å². The number of hydrogen-bond donors (Lipinski definition) is 0. The molecule has 3 aliphatic carbocycles. The van der Waals surface area contributed by atoms with Gasteiger partial charge in [0.25, 0.3) is 0 Å². The second kappa shape index (κ2) is 4.21. The van der Waals surface area contributed by atoms with E-state index in [0.717, 1.165) is 25.2 Å². The van der Waals surface area contributed by atoms with E-state index in [1.54, 1.807) is 0 Å². The molecule has 0 aromatic rings. The minimum absolute atomic E-state index is 0.174. The Kier molecular flexibility index (Phi) is 2.97. The average Bonchev–Trinajstić information content (AvgIpc) is 3.15. The highest BCUT2D eigenvalue weighted by Crippen LogP contribution is 2.66. The van der Waals surface area contributed by atoms with Crippen LogP contribution in [0.15, 0.2) is 0 Å². The zero-order valence-electron chi connectivity index (χ0n) is 12.6. The van der Waals surface area contributed by atoms with E-state index in [1.165, 1.54) is 20.0 Å². The SMILES string of the molecule is COC(=O)C(OC1CC2CCC1(C)C2(C)C)C1CC1. The first-order valence-corrected chi connectivity index (χ1v) is 7.63. The van der Waals surface area contributed by atoms with Gasteiger partial charge in [0.1, 0.15) is 0 Å². The number of esters is 1. The van der Waals surface area contributed by atoms with Crippen LogP contribution < -0.4 is 0 Å². The van der Waals surface area contributed by atoms with Gasteiger partial charge in [0, 0.05) is 0 Å². The Morgan fingerprint density at radius 3 is 2.32 bits per heavy atom. The third-order valence-corrected chi connectivity index (χ3v) is 6.51. The van der Waals surface area contributed by atoms with Crippen LogP contribution in [0.3, 0.4) is 0 Å². The van der Waals surface area contributed by atoms with Crippen LogP contribution in [-0.2, 0) is 14.3 Å². The lowest BCUT2D eigenvalue weighted by Crippen LogP contribution is -2.42. The third-order valence-electron chi connectivity index (χ3n) is 6.51. The van der Waals surface area contributed by atoms with Crippen LogP contribution in [0.5, 0.6) is 0 Å². The summed E-state index contributed by atoms with van der Waals surface area (Å²) in [5.41, 5.74) is 0.556. The van der Waals surface area contributed by atoms with Crippen LogP contribution in [0, 0.1) is 22.7 Å². The second-order valence-electron chi connectivity index (χ2n) is 7.52. The van der Waals surface area contributed by atoms with Crippen LogP contribution in [0.25, 0.3) is 0 Å². The lowest BCUT2D eigenvalue weighted by molar-refractivity contribution is -0.167. The molecule has 0 radical (unpaired) electrons. The molecule has 4 atom stereocenters. The minimum Gasteiger partial charge on any atom is -0.467 e. The van der Waals surface area contributed by atoms with Crippen molar-refractivity contribution in [2.45, 2.75) is 65.1 Å². The van der Waals surface area contributed by atoms with Gasteiger partial charge in [-0.15, -0.1) is 0 Å². The quantitative estimate of drug-likeness (QED) is 0.733. The van der Waals surface area contributed by atoms with Gasteiger partial charge in [0.05, 0.1) is 13.2 Å². The van der Waals surface area contributed by atoms with Crippen molar-refractivity contribution in [2.24, 2.45) is 22.7 Å². The summed E-state index contributed by atoms with van der Waals surface area (Å²) >= 11 is 0. The average molecular weight is 266 g/mol. The largest absolute Gasteiger partial charge is 0.467 e. The molecule has 3 aliphatic rings.